The number of ether oxygens (including phenoxy) is 1. The Morgan fingerprint density at radius 1 is 1.07 bits per heavy atom. The molecular formula is C22H19BrF2N4O. The minimum absolute atomic E-state index is 0.0137. The summed E-state index contributed by atoms with van der Waals surface area (Å²) in [5.41, 5.74) is 3.19. The fourth-order valence-corrected chi connectivity index (χ4v) is 4.57. The second-order valence-electron chi connectivity index (χ2n) is 7.19. The van der Waals surface area contributed by atoms with E-state index in [4.69, 9.17) is 9.72 Å². The summed E-state index contributed by atoms with van der Waals surface area (Å²) < 4.78 is 37.5. The van der Waals surface area contributed by atoms with Crippen molar-refractivity contribution < 1.29 is 13.5 Å². The maximum Gasteiger partial charge on any atom is 0.149 e. The van der Waals surface area contributed by atoms with Crippen LogP contribution < -0.4 is 4.90 Å². The smallest absolute Gasteiger partial charge is 0.149 e. The highest BCUT2D eigenvalue weighted by atomic mass is 79.9. The lowest BCUT2D eigenvalue weighted by atomic mass is 10.1. The topological polar surface area (TPSA) is 43.2 Å². The first kappa shape index (κ1) is 19.4. The number of anilines is 1. The molecule has 1 saturated heterocycles. The number of morpholine rings is 1. The van der Waals surface area contributed by atoms with E-state index >= 15 is 0 Å². The van der Waals surface area contributed by atoms with Gasteiger partial charge in [-0.2, -0.15) is 0 Å². The Morgan fingerprint density at radius 3 is 2.60 bits per heavy atom. The van der Waals surface area contributed by atoms with Gasteiger partial charge in [0, 0.05) is 35.9 Å². The molecule has 0 bridgehead atoms. The Hall–Kier alpha value is -2.58. The molecule has 0 aliphatic carbocycles. The molecule has 1 aliphatic rings. The molecule has 0 radical (unpaired) electrons. The molecule has 0 amide bonds. The van der Waals surface area contributed by atoms with E-state index in [0.717, 1.165) is 52.2 Å². The van der Waals surface area contributed by atoms with E-state index in [1.807, 2.05) is 11.5 Å². The van der Waals surface area contributed by atoms with Crippen molar-refractivity contribution in [2.24, 2.45) is 0 Å². The standard InChI is InChI=1S/C22H19BrF2N4O/c1-2-19-27-21-14(23)11-13(28-7-9-30-10-8-28)12-18(21)29(19)17-5-6-26-22-16(25)4-3-15(24)20(17)22/h3-6,11-12H,2,7-10H2,1H3. The number of hydrogen-bond acceptors (Lipinski definition) is 4. The molecular weight excluding hydrogens is 454 g/mol. The van der Waals surface area contributed by atoms with Gasteiger partial charge in [-0.25, -0.2) is 13.8 Å². The molecule has 5 rings (SSSR count). The molecule has 0 unspecified atom stereocenters. The summed E-state index contributed by atoms with van der Waals surface area (Å²) in [7, 11) is 0. The van der Waals surface area contributed by atoms with Gasteiger partial charge in [-0.05, 0) is 46.3 Å². The fraction of sp³-hybridized carbons (Fsp3) is 0.273. The molecule has 1 fully saturated rings. The van der Waals surface area contributed by atoms with Crippen LogP contribution in [0.2, 0.25) is 0 Å². The summed E-state index contributed by atoms with van der Waals surface area (Å²) in [6.45, 7) is 4.94. The second-order valence-corrected chi connectivity index (χ2v) is 8.05. The van der Waals surface area contributed by atoms with E-state index in [0.29, 0.717) is 25.3 Å². The molecule has 1 aliphatic heterocycles. The van der Waals surface area contributed by atoms with Crippen molar-refractivity contribution in [3.05, 3.63) is 58.5 Å². The van der Waals surface area contributed by atoms with E-state index in [-0.39, 0.29) is 10.9 Å². The number of aryl methyl sites for hydroxylation is 1. The second kappa shape index (κ2) is 7.59. The Morgan fingerprint density at radius 2 is 1.83 bits per heavy atom. The number of imidazole rings is 1. The first-order valence-electron chi connectivity index (χ1n) is 9.85. The molecule has 0 atom stereocenters. The summed E-state index contributed by atoms with van der Waals surface area (Å²) in [4.78, 5) is 11.1. The molecule has 4 aromatic rings. The minimum Gasteiger partial charge on any atom is -0.378 e. The summed E-state index contributed by atoms with van der Waals surface area (Å²) in [5.74, 6) is -0.298. The molecule has 30 heavy (non-hydrogen) atoms. The van der Waals surface area contributed by atoms with Gasteiger partial charge in [0.05, 0.1) is 29.8 Å². The summed E-state index contributed by atoms with van der Waals surface area (Å²) in [6.07, 6.45) is 2.14. The van der Waals surface area contributed by atoms with Gasteiger partial charge in [0.15, 0.2) is 0 Å². The highest BCUT2D eigenvalue weighted by Crippen LogP contribution is 2.35. The van der Waals surface area contributed by atoms with Crippen molar-refractivity contribution >= 4 is 43.6 Å². The number of rotatable bonds is 3. The van der Waals surface area contributed by atoms with Crippen molar-refractivity contribution in [2.45, 2.75) is 13.3 Å². The molecule has 8 heteroatoms. The van der Waals surface area contributed by atoms with Crippen LogP contribution in [0, 0.1) is 11.6 Å². The molecule has 0 N–H and O–H groups in total. The SMILES string of the molecule is CCc1nc2c(Br)cc(N3CCOCC3)cc2n1-c1ccnc2c(F)ccc(F)c12. The number of aromatic nitrogens is 3. The Bertz CT molecular complexity index is 1270. The maximum absolute atomic E-state index is 14.8. The summed E-state index contributed by atoms with van der Waals surface area (Å²) in [6, 6.07) is 8.06. The predicted molar refractivity (Wildman–Crippen MR) is 116 cm³/mol. The van der Waals surface area contributed by atoms with Crippen LogP contribution in [-0.4, -0.2) is 40.8 Å². The average molecular weight is 473 g/mol. The van der Waals surface area contributed by atoms with Gasteiger partial charge in [0.25, 0.3) is 0 Å². The van der Waals surface area contributed by atoms with Crippen LogP contribution in [0.5, 0.6) is 0 Å². The van der Waals surface area contributed by atoms with Crippen molar-refractivity contribution in [1.29, 1.82) is 0 Å². The molecule has 2 aromatic carbocycles. The summed E-state index contributed by atoms with van der Waals surface area (Å²) >= 11 is 3.66. The third-order valence-electron chi connectivity index (χ3n) is 5.47. The number of benzene rings is 2. The number of hydrogen-bond donors (Lipinski definition) is 0. The van der Waals surface area contributed by atoms with Gasteiger partial charge in [-0.3, -0.25) is 9.55 Å². The number of halogens is 3. The molecule has 0 spiro atoms. The molecule has 0 saturated carbocycles. The lowest BCUT2D eigenvalue weighted by Gasteiger charge is -2.29. The van der Waals surface area contributed by atoms with E-state index < -0.39 is 11.6 Å². The third-order valence-corrected chi connectivity index (χ3v) is 6.08. The monoisotopic (exact) mass is 472 g/mol. The Kier molecular flexibility index (Phi) is 4.91. The number of nitrogens with zero attached hydrogens (tertiary/aromatic N) is 4. The summed E-state index contributed by atoms with van der Waals surface area (Å²) in [5, 5.41) is 0.152. The van der Waals surface area contributed by atoms with Crippen LogP contribution in [0.1, 0.15) is 12.7 Å². The number of fused-ring (bicyclic) bond motifs is 2. The van der Waals surface area contributed by atoms with Crippen molar-refractivity contribution in [3.8, 4) is 5.69 Å². The minimum atomic E-state index is -0.550. The molecule has 154 valence electrons. The van der Waals surface area contributed by atoms with Crippen LogP contribution in [-0.2, 0) is 11.2 Å². The third kappa shape index (κ3) is 3.06. The maximum atomic E-state index is 14.8. The average Bonchev–Trinajstić information content (AvgIpc) is 3.15. The lowest BCUT2D eigenvalue weighted by Crippen LogP contribution is -2.36. The zero-order valence-electron chi connectivity index (χ0n) is 16.3. The van der Waals surface area contributed by atoms with Gasteiger partial charge < -0.3 is 9.64 Å². The van der Waals surface area contributed by atoms with Crippen LogP contribution in [0.4, 0.5) is 14.5 Å². The van der Waals surface area contributed by atoms with Crippen LogP contribution in [0.25, 0.3) is 27.6 Å². The van der Waals surface area contributed by atoms with Crippen LogP contribution >= 0.6 is 15.9 Å². The van der Waals surface area contributed by atoms with Crippen molar-refractivity contribution in [3.63, 3.8) is 0 Å². The van der Waals surface area contributed by atoms with Crippen LogP contribution in [0.15, 0.2) is 41.0 Å². The quantitative estimate of drug-likeness (QED) is 0.420. The Labute approximate surface area is 180 Å². The largest absolute Gasteiger partial charge is 0.378 e. The predicted octanol–water partition coefficient (Wildman–Crippen LogP) is 5.01. The molecule has 2 aromatic heterocycles. The molecule has 5 nitrogen and oxygen atoms in total. The van der Waals surface area contributed by atoms with Gasteiger partial charge >= 0.3 is 0 Å². The Balaban J connectivity index is 1.82. The van der Waals surface area contributed by atoms with Gasteiger partial charge in [-0.1, -0.05) is 6.92 Å². The first-order valence-corrected chi connectivity index (χ1v) is 10.6. The zero-order valence-corrected chi connectivity index (χ0v) is 17.9. The highest BCUT2D eigenvalue weighted by Gasteiger charge is 2.21. The normalized spacial score (nSPS) is 14.7. The van der Waals surface area contributed by atoms with Crippen molar-refractivity contribution in [1.82, 2.24) is 14.5 Å². The van der Waals surface area contributed by atoms with Crippen LogP contribution in [0.3, 0.4) is 0 Å². The van der Waals surface area contributed by atoms with Crippen molar-refractivity contribution in [2.75, 3.05) is 31.2 Å². The molecule has 3 heterocycles. The zero-order chi connectivity index (χ0) is 20.8. The van der Waals surface area contributed by atoms with Gasteiger partial charge in [0.2, 0.25) is 0 Å². The van der Waals surface area contributed by atoms with Gasteiger partial charge in [-0.15, -0.1) is 0 Å². The highest BCUT2D eigenvalue weighted by molar-refractivity contribution is 9.10. The van der Waals surface area contributed by atoms with E-state index in [1.165, 1.54) is 6.20 Å². The van der Waals surface area contributed by atoms with Gasteiger partial charge in [0.1, 0.15) is 28.5 Å². The number of pyridine rings is 1. The lowest BCUT2D eigenvalue weighted by molar-refractivity contribution is 0.122. The van der Waals surface area contributed by atoms with E-state index in [9.17, 15) is 8.78 Å². The first-order chi connectivity index (χ1) is 14.6. The van der Waals surface area contributed by atoms with E-state index in [2.05, 4.69) is 37.9 Å². The van der Waals surface area contributed by atoms with E-state index in [1.54, 1.807) is 6.07 Å². The fourth-order valence-electron chi connectivity index (χ4n) is 4.04.